The zero-order chi connectivity index (χ0) is 19.1. The van der Waals surface area contributed by atoms with Gasteiger partial charge in [0.1, 0.15) is 10.7 Å². The third-order valence-corrected chi connectivity index (χ3v) is 4.81. The molecule has 138 valence electrons. The van der Waals surface area contributed by atoms with E-state index in [1.54, 1.807) is 29.6 Å². The molecule has 27 heavy (non-hydrogen) atoms. The highest BCUT2D eigenvalue weighted by atomic mass is 32.1. The van der Waals surface area contributed by atoms with Crippen LogP contribution in [0.5, 0.6) is 0 Å². The molecule has 1 amide bonds. The van der Waals surface area contributed by atoms with Crippen LogP contribution in [0.4, 0.5) is 10.1 Å². The first-order chi connectivity index (χ1) is 13.1. The zero-order valence-electron chi connectivity index (χ0n) is 14.5. The number of hydrogen-bond acceptors (Lipinski definition) is 4. The van der Waals surface area contributed by atoms with E-state index in [1.165, 1.54) is 28.4 Å². The van der Waals surface area contributed by atoms with Gasteiger partial charge in [0.05, 0.1) is 0 Å². The lowest BCUT2D eigenvalue weighted by atomic mass is 10.1. The van der Waals surface area contributed by atoms with Gasteiger partial charge in [0.15, 0.2) is 6.61 Å². The van der Waals surface area contributed by atoms with E-state index in [9.17, 15) is 14.0 Å². The van der Waals surface area contributed by atoms with Crippen molar-refractivity contribution in [2.75, 3.05) is 18.1 Å². The first kappa shape index (κ1) is 18.8. The maximum atomic E-state index is 13.2. The van der Waals surface area contributed by atoms with E-state index in [2.05, 4.69) is 0 Å². The van der Waals surface area contributed by atoms with Gasteiger partial charge in [0.2, 0.25) is 0 Å². The van der Waals surface area contributed by atoms with Gasteiger partial charge in [-0.3, -0.25) is 4.79 Å². The van der Waals surface area contributed by atoms with Crippen LogP contribution in [0, 0.1) is 5.82 Å². The lowest BCUT2D eigenvalue weighted by molar-refractivity contribution is -0.121. The number of halogens is 1. The number of esters is 1. The number of ether oxygens (including phenoxy) is 1. The molecular formula is C21H18FNO3S. The Hall–Kier alpha value is -2.99. The van der Waals surface area contributed by atoms with Gasteiger partial charge in [-0.05, 0) is 47.7 Å². The number of hydrogen-bond donors (Lipinski definition) is 0. The summed E-state index contributed by atoms with van der Waals surface area (Å²) in [5.41, 5.74) is 1.64. The van der Waals surface area contributed by atoms with Crippen LogP contribution in [-0.4, -0.2) is 25.0 Å². The summed E-state index contributed by atoms with van der Waals surface area (Å²) in [5.74, 6) is -1.26. The molecule has 0 fully saturated rings. The molecule has 0 saturated heterocycles. The quantitative estimate of drug-likeness (QED) is 0.571. The summed E-state index contributed by atoms with van der Waals surface area (Å²) < 4.78 is 18.4. The van der Waals surface area contributed by atoms with Crippen molar-refractivity contribution in [2.45, 2.75) is 6.42 Å². The Labute approximate surface area is 160 Å². The molecule has 0 N–H and O–H groups in total. The molecule has 0 saturated carbocycles. The number of amides is 1. The normalized spacial score (nSPS) is 10.4. The second-order valence-corrected chi connectivity index (χ2v) is 6.76. The van der Waals surface area contributed by atoms with Crippen LogP contribution in [0.15, 0.2) is 72.1 Å². The fourth-order valence-corrected chi connectivity index (χ4v) is 3.19. The van der Waals surface area contributed by atoms with Gasteiger partial charge in [0.25, 0.3) is 5.91 Å². The van der Waals surface area contributed by atoms with E-state index in [-0.39, 0.29) is 18.3 Å². The SMILES string of the molecule is O=C(OCC(=O)N(CCc1ccccc1)c1ccc(F)cc1)c1cccs1. The third kappa shape index (κ3) is 5.24. The molecule has 1 heterocycles. The number of carbonyl (C=O) groups excluding carboxylic acids is 2. The van der Waals surface area contributed by atoms with E-state index >= 15 is 0 Å². The van der Waals surface area contributed by atoms with Gasteiger partial charge < -0.3 is 9.64 Å². The van der Waals surface area contributed by atoms with Crippen molar-refractivity contribution in [3.05, 3.63) is 88.4 Å². The molecular weight excluding hydrogens is 365 g/mol. The van der Waals surface area contributed by atoms with E-state index in [0.29, 0.717) is 23.5 Å². The first-order valence-electron chi connectivity index (χ1n) is 8.44. The van der Waals surface area contributed by atoms with Crippen LogP contribution in [0.1, 0.15) is 15.2 Å². The first-order valence-corrected chi connectivity index (χ1v) is 9.32. The van der Waals surface area contributed by atoms with Gasteiger partial charge >= 0.3 is 5.97 Å². The fraction of sp³-hybridized carbons (Fsp3) is 0.143. The average Bonchev–Trinajstić information content (AvgIpc) is 3.23. The Morgan fingerprint density at radius 3 is 2.37 bits per heavy atom. The molecule has 4 nitrogen and oxygen atoms in total. The predicted molar refractivity (Wildman–Crippen MR) is 104 cm³/mol. The van der Waals surface area contributed by atoms with Crippen molar-refractivity contribution in [3.8, 4) is 0 Å². The number of nitrogens with zero attached hydrogens (tertiary/aromatic N) is 1. The predicted octanol–water partition coefficient (Wildman–Crippen LogP) is 4.32. The summed E-state index contributed by atoms with van der Waals surface area (Å²) in [5, 5.41) is 1.77. The van der Waals surface area contributed by atoms with Gasteiger partial charge in [-0.1, -0.05) is 36.4 Å². The Bertz CT molecular complexity index is 880. The Kier molecular flexibility index (Phi) is 6.33. The van der Waals surface area contributed by atoms with Crippen molar-refractivity contribution in [3.63, 3.8) is 0 Å². The van der Waals surface area contributed by atoms with Crippen LogP contribution < -0.4 is 4.90 Å². The standard InChI is InChI=1S/C21H18FNO3S/c22-17-8-10-18(11-9-17)23(13-12-16-5-2-1-3-6-16)20(24)15-26-21(25)19-7-4-14-27-19/h1-11,14H,12-13,15H2. The highest BCUT2D eigenvalue weighted by Gasteiger charge is 2.19. The van der Waals surface area contributed by atoms with Gasteiger partial charge in [-0.2, -0.15) is 0 Å². The van der Waals surface area contributed by atoms with Crippen LogP contribution in [0.2, 0.25) is 0 Å². The maximum Gasteiger partial charge on any atom is 0.348 e. The highest BCUT2D eigenvalue weighted by Crippen LogP contribution is 2.17. The number of carbonyl (C=O) groups is 2. The van der Waals surface area contributed by atoms with Gasteiger partial charge in [-0.15, -0.1) is 11.3 Å². The van der Waals surface area contributed by atoms with Crippen LogP contribution in [0.25, 0.3) is 0 Å². The number of thiophene rings is 1. The monoisotopic (exact) mass is 383 g/mol. The summed E-state index contributed by atoms with van der Waals surface area (Å²) in [6.07, 6.45) is 0.628. The van der Waals surface area contributed by atoms with E-state index in [4.69, 9.17) is 4.74 Å². The van der Waals surface area contributed by atoms with Crippen molar-refractivity contribution >= 4 is 28.9 Å². The molecule has 2 aromatic carbocycles. The van der Waals surface area contributed by atoms with Crippen molar-refractivity contribution in [1.29, 1.82) is 0 Å². The Morgan fingerprint density at radius 2 is 1.70 bits per heavy atom. The van der Waals surface area contributed by atoms with Gasteiger partial charge in [-0.25, -0.2) is 9.18 Å². The lowest BCUT2D eigenvalue weighted by Gasteiger charge is -2.23. The summed E-state index contributed by atoms with van der Waals surface area (Å²) in [6, 6.07) is 18.8. The molecule has 0 spiro atoms. The Morgan fingerprint density at radius 1 is 0.963 bits per heavy atom. The highest BCUT2D eigenvalue weighted by molar-refractivity contribution is 7.11. The van der Waals surface area contributed by atoms with E-state index in [0.717, 1.165) is 5.56 Å². The largest absolute Gasteiger partial charge is 0.451 e. The van der Waals surface area contributed by atoms with E-state index < -0.39 is 5.97 Å². The molecule has 0 aliphatic rings. The minimum absolute atomic E-state index is 0.359. The molecule has 0 bridgehead atoms. The molecule has 0 aliphatic heterocycles. The molecule has 6 heteroatoms. The van der Waals surface area contributed by atoms with Crippen LogP contribution in [0.3, 0.4) is 0 Å². The van der Waals surface area contributed by atoms with Crippen LogP contribution >= 0.6 is 11.3 Å². The molecule has 0 unspecified atom stereocenters. The number of benzene rings is 2. The minimum atomic E-state index is -0.527. The molecule has 3 rings (SSSR count). The zero-order valence-corrected chi connectivity index (χ0v) is 15.3. The topological polar surface area (TPSA) is 46.6 Å². The molecule has 0 aliphatic carbocycles. The minimum Gasteiger partial charge on any atom is -0.451 e. The molecule has 3 aromatic rings. The van der Waals surface area contributed by atoms with Crippen molar-refractivity contribution in [2.24, 2.45) is 0 Å². The molecule has 0 atom stereocenters. The summed E-state index contributed by atoms with van der Waals surface area (Å²) in [4.78, 5) is 26.6. The van der Waals surface area contributed by atoms with Gasteiger partial charge in [0, 0.05) is 12.2 Å². The maximum absolute atomic E-state index is 13.2. The number of anilines is 1. The summed E-state index contributed by atoms with van der Waals surface area (Å²) in [7, 11) is 0. The second-order valence-electron chi connectivity index (χ2n) is 5.81. The van der Waals surface area contributed by atoms with Crippen molar-refractivity contribution in [1.82, 2.24) is 0 Å². The van der Waals surface area contributed by atoms with Crippen molar-refractivity contribution < 1.29 is 18.7 Å². The average molecular weight is 383 g/mol. The summed E-state index contributed by atoms with van der Waals surface area (Å²) in [6.45, 7) is 0.0218. The second kappa shape index (κ2) is 9.09. The lowest BCUT2D eigenvalue weighted by Crippen LogP contribution is -2.36. The van der Waals surface area contributed by atoms with Crippen LogP contribution in [-0.2, 0) is 16.0 Å². The Balaban J connectivity index is 1.69. The molecule has 0 radical (unpaired) electrons. The smallest absolute Gasteiger partial charge is 0.348 e. The molecule has 1 aromatic heterocycles. The third-order valence-electron chi connectivity index (χ3n) is 3.96. The fourth-order valence-electron chi connectivity index (χ4n) is 2.58. The summed E-state index contributed by atoms with van der Waals surface area (Å²) >= 11 is 1.26. The van der Waals surface area contributed by atoms with E-state index in [1.807, 2.05) is 30.3 Å². The number of rotatable bonds is 7.